The van der Waals surface area contributed by atoms with E-state index in [1.54, 1.807) is 31.5 Å². The number of rotatable bonds is 11. The van der Waals surface area contributed by atoms with E-state index in [1.807, 2.05) is 19.3 Å². The molecule has 0 N–H and O–H groups in total. The molecule has 1 aliphatic carbocycles. The van der Waals surface area contributed by atoms with Crippen molar-refractivity contribution in [2.75, 3.05) is 71.9 Å². The topological polar surface area (TPSA) is 77.0 Å². The Bertz CT molecular complexity index is 1680. The lowest BCUT2D eigenvalue weighted by Gasteiger charge is -2.29. The minimum Gasteiger partial charge on any atom is -0.494 e. The van der Waals surface area contributed by atoms with Gasteiger partial charge in [0.2, 0.25) is 5.95 Å². The molecule has 45 heavy (non-hydrogen) atoms. The fourth-order valence-corrected chi connectivity index (χ4v) is 7.29. The first-order chi connectivity index (χ1) is 21.7. The zero-order valence-corrected chi connectivity index (χ0v) is 30.1. The van der Waals surface area contributed by atoms with E-state index in [9.17, 15) is 0 Å². The Morgan fingerprint density at radius 1 is 1.02 bits per heavy atom. The van der Waals surface area contributed by atoms with Crippen LogP contribution in [0.15, 0.2) is 42.9 Å². The fraction of sp³-hybridized carbons (Fsp3) is 0.455. The molecule has 2 aromatic carbocycles. The van der Waals surface area contributed by atoms with Gasteiger partial charge in [0.15, 0.2) is 5.82 Å². The van der Waals surface area contributed by atoms with Crippen molar-refractivity contribution in [3.05, 3.63) is 54.0 Å². The third-order valence-electron chi connectivity index (χ3n) is 9.04. The van der Waals surface area contributed by atoms with Crippen molar-refractivity contribution in [1.82, 2.24) is 24.8 Å². The first-order valence-electron chi connectivity index (χ1n) is 15.5. The molecule has 4 aromatic rings. The number of hydrogen-bond acceptors (Lipinski definition) is 11. The molecule has 0 spiro atoms. The first-order valence-corrected chi connectivity index (χ1v) is 17.6. The van der Waals surface area contributed by atoms with Crippen LogP contribution in [0.4, 0.5) is 34.5 Å². The summed E-state index contributed by atoms with van der Waals surface area (Å²) >= 11 is 4.03. The van der Waals surface area contributed by atoms with E-state index in [-0.39, 0.29) is 0 Å². The number of ether oxygens (including phenoxy) is 1. The summed E-state index contributed by atoms with van der Waals surface area (Å²) in [5, 5.41) is 0. The van der Waals surface area contributed by atoms with Gasteiger partial charge in [-0.2, -0.15) is 4.98 Å². The maximum absolute atomic E-state index is 6.01. The number of benzene rings is 2. The van der Waals surface area contributed by atoms with Gasteiger partial charge in [-0.05, 0) is 69.5 Å². The van der Waals surface area contributed by atoms with Crippen molar-refractivity contribution < 1.29 is 4.74 Å². The van der Waals surface area contributed by atoms with Gasteiger partial charge in [-0.3, -0.25) is 13.1 Å². The number of fused-ring (bicyclic) bond motifs is 1. The van der Waals surface area contributed by atoms with Crippen molar-refractivity contribution in [3.63, 3.8) is 0 Å². The van der Waals surface area contributed by atoms with Crippen LogP contribution in [0.1, 0.15) is 43.2 Å². The van der Waals surface area contributed by atoms with Gasteiger partial charge >= 0.3 is 0 Å². The molecule has 3 heterocycles. The number of hydrogen-bond donors (Lipinski definition) is 0. The molecule has 2 aliphatic rings. The minimum atomic E-state index is 0.463. The summed E-state index contributed by atoms with van der Waals surface area (Å²) in [5.74, 6) is 2.80. The molecule has 0 radical (unpaired) electrons. The molecule has 1 atom stereocenters. The van der Waals surface area contributed by atoms with E-state index in [4.69, 9.17) is 19.7 Å². The fourth-order valence-electron chi connectivity index (χ4n) is 6.15. The average Bonchev–Trinajstić information content (AvgIpc) is 3.80. The number of nitrogens with zero attached hydrogens (tertiary/aromatic N) is 9. The molecule has 1 saturated heterocycles. The van der Waals surface area contributed by atoms with Crippen LogP contribution in [0, 0.1) is 0 Å². The van der Waals surface area contributed by atoms with Gasteiger partial charge in [0.25, 0.3) is 0 Å². The molecular weight excluding hydrogens is 697 g/mol. The van der Waals surface area contributed by atoms with E-state index >= 15 is 0 Å². The number of methoxy groups -OCH3 is 1. The van der Waals surface area contributed by atoms with E-state index in [2.05, 4.69) is 102 Å². The minimum absolute atomic E-state index is 0.463. The monoisotopic (exact) mass is 739 g/mol. The molecule has 12 heteroatoms. The highest BCUT2D eigenvalue weighted by Gasteiger charge is 2.32. The Hall–Kier alpha value is -3.10. The number of aryl methyl sites for hydroxylation is 1. The van der Waals surface area contributed by atoms with Crippen LogP contribution in [0.3, 0.4) is 0 Å². The van der Waals surface area contributed by atoms with Crippen LogP contribution in [-0.2, 0) is 6.42 Å². The van der Waals surface area contributed by atoms with Crippen molar-refractivity contribution in [2.45, 2.75) is 44.6 Å². The molecule has 10 nitrogen and oxygen atoms in total. The summed E-state index contributed by atoms with van der Waals surface area (Å²) in [7, 11) is 10.2. The number of likely N-dealkylation sites (N-methyl/N-ethyl adjacent to an activating group) is 1. The highest BCUT2D eigenvalue weighted by molar-refractivity contribution is 14.1. The third-order valence-corrected chi connectivity index (χ3v) is 10.7. The summed E-state index contributed by atoms with van der Waals surface area (Å²) in [6.45, 7) is 4.29. The number of anilines is 6. The Kier molecular flexibility index (Phi) is 9.44. The predicted molar refractivity (Wildman–Crippen MR) is 196 cm³/mol. The summed E-state index contributed by atoms with van der Waals surface area (Å²) < 4.78 is 10.3. The molecule has 1 aliphatic heterocycles. The standard InChI is InChI=1S/C33H42IN9OS/c1-8-21-17-28(29(44-6)18-27(21)42-16-13-23(20-42)39(2)3)40(4)33-37-19-24(22-9-10-22)32(38-33)43(34)26-12-11-25-30(36-15-14-35-25)31(26)41(5)45-7/h11-12,14-15,17-19,22-23H,8-10,13,16,20H2,1-7H3. The second kappa shape index (κ2) is 13.3. The normalized spacial score (nSPS) is 16.5. The average molecular weight is 740 g/mol. The Morgan fingerprint density at radius 2 is 1.80 bits per heavy atom. The van der Waals surface area contributed by atoms with Crippen LogP contribution in [-0.4, -0.2) is 85.5 Å². The van der Waals surface area contributed by atoms with E-state index in [1.165, 1.54) is 16.8 Å². The molecule has 0 bridgehead atoms. The van der Waals surface area contributed by atoms with Gasteiger partial charge in [0.05, 0.1) is 52.6 Å². The SMILES string of the molecule is CCc1cc(N(C)c2ncc(C3CC3)c(N(I)c3ccc4nccnc4c3N(C)SC)n2)c(OC)cc1N1CCC(N(C)C)C1. The molecule has 1 saturated carbocycles. The van der Waals surface area contributed by atoms with Crippen LogP contribution < -0.4 is 22.0 Å². The van der Waals surface area contributed by atoms with E-state index < -0.39 is 0 Å². The smallest absolute Gasteiger partial charge is 0.231 e. The Balaban J connectivity index is 1.40. The highest BCUT2D eigenvalue weighted by Crippen LogP contribution is 2.49. The third kappa shape index (κ3) is 6.20. The van der Waals surface area contributed by atoms with Crippen molar-refractivity contribution in [2.24, 2.45) is 0 Å². The van der Waals surface area contributed by atoms with Crippen molar-refractivity contribution in [3.8, 4) is 5.75 Å². The van der Waals surface area contributed by atoms with Crippen LogP contribution in [0.2, 0.25) is 0 Å². The predicted octanol–water partition coefficient (Wildman–Crippen LogP) is 6.98. The van der Waals surface area contributed by atoms with E-state index in [0.29, 0.717) is 17.9 Å². The number of halogens is 1. The van der Waals surface area contributed by atoms with Gasteiger partial charge in [-0.15, -0.1) is 0 Å². The largest absolute Gasteiger partial charge is 0.494 e. The molecule has 1 unspecified atom stereocenters. The Morgan fingerprint density at radius 3 is 2.47 bits per heavy atom. The van der Waals surface area contributed by atoms with Crippen molar-refractivity contribution in [1.29, 1.82) is 0 Å². The summed E-state index contributed by atoms with van der Waals surface area (Å²) in [4.78, 5) is 26.3. The second-order valence-electron chi connectivity index (χ2n) is 12.0. The van der Waals surface area contributed by atoms with E-state index in [0.717, 1.165) is 78.4 Å². The zero-order valence-electron chi connectivity index (χ0n) is 27.2. The highest BCUT2D eigenvalue weighted by atomic mass is 127. The van der Waals surface area contributed by atoms with Gasteiger partial charge in [0.1, 0.15) is 11.3 Å². The van der Waals surface area contributed by atoms with Gasteiger partial charge < -0.3 is 23.7 Å². The molecule has 0 amide bonds. The summed E-state index contributed by atoms with van der Waals surface area (Å²) in [6, 6.07) is 9.16. The Labute approximate surface area is 284 Å². The quantitative estimate of drug-likeness (QED) is 0.0909. The maximum Gasteiger partial charge on any atom is 0.231 e. The van der Waals surface area contributed by atoms with Crippen molar-refractivity contribution >= 4 is 80.4 Å². The second-order valence-corrected chi connectivity index (χ2v) is 13.8. The number of aromatic nitrogens is 4. The molecular formula is C33H42IN9OS. The summed E-state index contributed by atoms with van der Waals surface area (Å²) in [5.41, 5.74) is 8.40. The lowest BCUT2D eigenvalue weighted by Crippen LogP contribution is -2.31. The maximum atomic E-state index is 6.01. The van der Waals surface area contributed by atoms with Gasteiger partial charge in [0, 0.05) is 75.4 Å². The molecule has 2 fully saturated rings. The molecule has 238 valence electrons. The summed E-state index contributed by atoms with van der Waals surface area (Å²) in [6.07, 6.45) is 12.0. The van der Waals surface area contributed by atoms with Crippen LogP contribution in [0.25, 0.3) is 11.0 Å². The lowest BCUT2D eigenvalue weighted by atomic mass is 10.1. The lowest BCUT2D eigenvalue weighted by molar-refractivity contribution is 0.315. The molecule has 6 rings (SSSR count). The zero-order chi connectivity index (χ0) is 31.8. The molecule has 2 aromatic heterocycles. The van der Waals surface area contributed by atoms with Gasteiger partial charge in [-0.1, -0.05) is 18.9 Å². The van der Waals surface area contributed by atoms with Crippen LogP contribution >= 0.6 is 34.8 Å². The van der Waals surface area contributed by atoms with Gasteiger partial charge in [-0.25, -0.2) is 4.98 Å². The first kappa shape index (κ1) is 31.9. The van der Waals surface area contributed by atoms with Crippen LogP contribution in [0.5, 0.6) is 5.75 Å².